The summed E-state index contributed by atoms with van der Waals surface area (Å²) >= 11 is 0. The van der Waals surface area contributed by atoms with Crippen molar-refractivity contribution in [3.05, 3.63) is 18.7 Å². The molecule has 0 unspecified atom stereocenters. The fraction of sp³-hybridized carbons (Fsp3) is 0. The Morgan fingerprint density at radius 2 is 2.60 bits per heavy atom. The molecule has 1 N–H and O–H groups in total. The van der Waals surface area contributed by atoms with Crippen molar-refractivity contribution in [3.8, 4) is 0 Å². The predicted molar refractivity (Wildman–Crippen MR) is 30.1 cm³/mol. The van der Waals surface area contributed by atoms with Gasteiger partial charge in [-0.05, 0) is 0 Å². The van der Waals surface area contributed by atoms with Crippen LogP contribution >= 0.6 is 0 Å². The first-order chi connectivity index (χ1) is 4.97. The van der Waals surface area contributed by atoms with Gasteiger partial charge in [0.15, 0.2) is 6.26 Å². The van der Waals surface area contributed by atoms with Crippen molar-refractivity contribution in [1.82, 2.24) is 15.8 Å². The lowest BCUT2D eigenvalue weighted by molar-refractivity contribution is 0.218. The van der Waals surface area contributed by atoms with Gasteiger partial charge in [-0.3, -0.25) is 5.43 Å². The van der Waals surface area contributed by atoms with Crippen LogP contribution in [0.5, 0.6) is 0 Å². The molecule has 0 radical (unpaired) electrons. The smallest absolute Gasteiger partial charge is 0.250 e. The van der Waals surface area contributed by atoms with E-state index in [1.165, 1.54) is 17.7 Å². The van der Waals surface area contributed by atoms with E-state index in [1.807, 2.05) is 0 Å². The van der Waals surface area contributed by atoms with E-state index >= 15 is 0 Å². The molecular formula is C4H4N4O2. The summed E-state index contributed by atoms with van der Waals surface area (Å²) < 4.78 is 4.48. The van der Waals surface area contributed by atoms with Gasteiger partial charge >= 0.3 is 0 Å². The van der Waals surface area contributed by atoms with E-state index in [0.29, 0.717) is 5.82 Å². The molecule has 6 heteroatoms. The summed E-state index contributed by atoms with van der Waals surface area (Å²) in [5, 5.41) is 8.15. The summed E-state index contributed by atoms with van der Waals surface area (Å²) in [5.74, 6) is 0.477. The normalized spacial score (nSPS) is 15.0. The zero-order valence-electron chi connectivity index (χ0n) is 4.89. The number of hydrogen-bond acceptors (Lipinski definition) is 6. The minimum atomic E-state index is 0.477. The second-order valence-corrected chi connectivity index (χ2v) is 1.59. The summed E-state index contributed by atoms with van der Waals surface area (Å²) in [6.45, 7) is 0. The molecule has 0 amide bonds. The highest BCUT2D eigenvalue weighted by molar-refractivity contribution is 5.28. The maximum Gasteiger partial charge on any atom is 0.250 e. The van der Waals surface area contributed by atoms with Gasteiger partial charge in [-0.15, -0.1) is 0 Å². The number of nitrogens with zero attached hydrogens (tertiary/aromatic N) is 3. The maximum atomic E-state index is 4.88. The van der Waals surface area contributed by atoms with Crippen LogP contribution in [0.3, 0.4) is 0 Å². The lowest BCUT2D eigenvalue weighted by atomic mass is 10.8. The van der Waals surface area contributed by atoms with Crippen LogP contribution in [-0.2, 0) is 4.84 Å². The Labute approximate surface area is 56.0 Å². The Bertz CT molecular complexity index is 223. The van der Waals surface area contributed by atoms with Crippen LogP contribution in [0.2, 0.25) is 0 Å². The Hall–Kier alpha value is -1.72. The number of nitrogens with one attached hydrogen (secondary N) is 1. The minimum Gasteiger partial charge on any atom is -0.364 e. The van der Waals surface area contributed by atoms with Crippen molar-refractivity contribution in [1.29, 1.82) is 0 Å². The molecule has 2 heterocycles. The molecule has 52 valence electrons. The summed E-state index contributed by atoms with van der Waals surface area (Å²) in [6, 6.07) is 0. The van der Waals surface area contributed by atoms with E-state index in [2.05, 4.69) is 20.3 Å². The Morgan fingerprint density at radius 3 is 3.20 bits per heavy atom. The van der Waals surface area contributed by atoms with Crippen LogP contribution < -0.4 is 10.6 Å². The third-order valence-electron chi connectivity index (χ3n) is 0.983. The van der Waals surface area contributed by atoms with Crippen LogP contribution in [-0.4, -0.2) is 10.4 Å². The first-order valence-corrected chi connectivity index (χ1v) is 2.62. The predicted octanol–water partition coefficient (Wildman–Crippen LogP) is -0.203. The minimum absolute atomic E-state index is 0.477. The van der Waals surface area contributed by atoms with E-state index in [0.717, 1.165) is 0 Å². The zero-order chi connectivity index (χ0) is 6.81. The highest BCUT2D eigenvalue weighted by atomic mass is 16.7. The third-order valence-corrected chi connectivity index (χ3v) is 0.983. The fourth-order valence-corrected chi connectivity index (χ4v) is 0.588. The fourth-order valence-electron chi connectivity index (χ4n) is 0.588. The molecule has 0 saturated heterocycles. The summed E-state index contributed by atoms with van der Waals surface area (Å²) in [7, 11) is 0. The molecule has 1 aromatic rings. The molecule has 1 aromatic heterocycles. The Balaban J connectivity index is 2.14. The van der Waals surface area contributed by atoms with Gasteiger partial charge < -0.3 is 9.36 Å². The van der Waals surface area contributed by atoms with Crippen molar-refractivity contribution in [2.24, 2.45) is 0 Å². The van der Waals surface area contributed by atoms with Crippen molar-refractivity contribution < 1.29 is 9.36 Å². The molecule has 2 rings (SSSR count). The van der Waals surface area contributed by atoms with Crippen molar-refractivity contribution in [2.75, 3.05) is 5.17 Å². The average Bonchev–Trinajstić information content (AvgIpc) is 2.59. The van der Waals surface area contributed by atoms with E-state index in [-0.39, 0.29) is 0 Å². The molecule has 1 aliphatic rings. The Morgan fingerprint density at radius 1 is 1.60 bits per heavy atom. The molecule has 10 heavy (non-hydrogen) atoms. The number of rotatable bonds is 1. The van der Waals surface area contributed by atoms with Gasteiger partial charge in [0.1, 0.15) is 6.26 Å². The van der Waals surface area contributed by atoms with E-state index < -0.39 is 0 Å². The quantitative estimate of drug-likeness (QED) is 0.582. The zero-order valence-corrected chi connectivity index (χ0v) is 4.89. The molecule has 0 fully saturated rings. The monoisotopic (exact) mass is 140 g/mol. The topological polar surface area (TPSA) is 63.4 Å². The molecule has 0 spiro atoms. The van der Waals surface area contributed by atoms with Gasteiger partial charge in [0.2, 0.25) is 0 Å². The molecule has 0 atom stereocenters. The number of anilines is 1. The molecule has 0 aromatic carbocycles. The van der Waals surface area contributed by atoms with Crippen LogP contribution in [0.25, 0.3) is 0 Å². The Kier molecular flexibility index (Phi) is 0.970. The highest BCUT2D eigenvalue weighted by Crippen LogP contribution is 2.08. The SMILES string of the molecule is C1=CON(c2conn2)N1. The molecule has 0 bridgehead atoms. The summed E-state index contributed by atoms with van der Waals surface area (Å²) in [6.07, 6.45) is 4.46. The van der Waals surface area contributed by atoms with Crippen molar-refractivity contribution >= 4 is 5.82 Å². The van der Waals surface area contributed by atoms with Gasteiger partial charge in [-0.25, -0.2) is 0 Å². The average molecular weight is 140 g/mol. The number of hydrazine groups is 1. The van der Waals surface area contributed by atoms with Gasteiger partial charge in [-0.2, -0.15) is 0 Å². The highest BCUT2D eigenvalue weighted by Gasteiger charge is 2.11. The standard InChI is InChI=1S/C4H4N4O2/c1-2-10-8(5-1)4-3-9-7-6-4/h1-3,5H. The molecular weight excluding hydrogens is 136 g/mol. The van der Waals surface area contributed by atoms with Crippen molar-refractivity contribution in [2.45, 2.75) is 0 Å². The maximum absolute atomic E-state index is 4.88. The summed E-state index contributed by atoms with van der Waals surface area (Å²) in [4.78, 5) is 4.88. The first-order valence-electron chi connectivity index (χ1n) is 2.62. The van der Waals surface area contributed by atoms with Crippen LogP contribution in [0.4, 0.5) is 5.82 Å². The first kappa shape index (κ1) is 5.10. The number of hydrogen-bond donors (Lipinski definition) is 1. The van der Waals surface area contributed by atoms with E-state index in [4.69, 9.17) is 4.84 Å². The van der Waals surface area contributed by atoms with Crippen LogP contribution in [0.1, 0.15) is 0 Å². The van der Waals surface area contributed by atoms with Crippen LogP contribution in [0.15, 0.2) is 23.2 Å². The van der Waals surface area contributed by atoms with Gasteiger partial charge in [0, 0.05) is 5.27 Å². The lowest BCUT2D eigenvalue weighted by Gasteiger charge is -2.10. The third kappa shape index (κ3) is 0.661. The molecule has 6 nitrogen and oxygen atoms in total. The second-order valence-electron chi connectivity index (χ2n) is 1.59. The number of aromatic nitrogens is 2. The van der Waals surface area contributed by atoms with E-state index in [1.54, 1.807) is 6.20 Å². The summed E-state index contributed by atoms with van der Waals surface area (Å²) in [5.41, 5.74) is 2.73. The van der Waals surface area contributed by atoms with Crippen LogP contribution in [0, 0.1) is 0 Å². The van der Waals surface area contributed by atoms with Gasteiger partial charge in [-0.1, -0.05) is 10.3 Å². The van der Waals surface area contributed by atoms with Gasteiger partial charge in [0.05, 0.1) is 6.20 Å². The van der Waals surface area contributed by atoms with E-state index in [9.17, 15) is 0 Å². The molecule has 0 aliphatic carbocycles. The largest absolute Gasteiger partial charge is 0.364 e. The van der Waals surface area contributed by atoms with Crippen molar-refractivity contribution in [3.63, 3.8) is 0 Å². The lowest BCUT2D eigenvalue weighted by Crippen LogP contribution is -2.28. The second kappa shape index (κ2) is 1.90. The molecule has 1 aliphatic heterocycles. The molecule has 0 saturated carbocycles. The van der Waals surface area contributed by atoms with Gasteiger partial charge in [0.25, 0.3) is 5.82 Å².